The third-order valence-electron chi connectivity index (χ3n) is 3.92. The Kier molecular flexibility index (Phi) is 3.16. The van der Waals surface area contributed by atoms with E-state index in [1.165, 1.54) is 6.20 Å². The Balaban J connectivity index is 1.99. The van der Waals surface area contributed by atoms with Crippen molar-refractivity contribution in [3.8, 4) is 11.4 Å². The minimum Gasteiger partial charge on any atom is -0.291 e. The van der Waals surface area contributed by atoms with Crippen LogP contribution in [0.25, 0.3) is 22.4 Å². The summed E-state index contributed by atoms with van der Waals surface area (Å²) in [6, 6.07) is 16.6. The van der Waals surface area contributed by atoms with E-state index in [1.54, 1.807) is 16.8 Å². The monoisotopic (exact) mass is 318 g/mol. The van der Waals surface area contributed by atoms with Crippen LogP contribution in [0.1, 0.15) is 5.56 Å². The molecule has 0 atom stereocenters. The molecule has 4 aromatic rings. The van der Waals surface area contributed by atoms with Gasteiger partial charge < -0.3 is 0 Å². The van der Waals surface area contributed by atoms with Crippen molar-refractivity contribution >= 4 is 11.0 Å². The molecule has 6 nitrogen and oxygen atoms in total. The zero-order valence-electron chi connectivity index (χ0n) is 12.9. The van der Waals surface area contributed by atoms with Crippen molar-refractivity contribution in [2.75, 3.05) is 0 Å². The number of para-hydroxylation sites is 1. The smallest absolute Gasteiger partial charge is 0.291 e. The second-order valence-corrected chi connectivity index (χ2v) is 5.56. The van der Waals surface area contributed by atoms with E-state index in [0.29, 0.717) is 16.7 Å². The van der Waals surface area contributed by atoms with E-state index in [-0.39, 0.29) is 5.56 Å². The van der Waals surface area contributed by atoms with Crippen molar-refractivity contribution in [3.63, 3.8) is 0 Å². The van der Waals surface area contributed by atoms with Crippen LogP contribution >= 0.6 is 0 Å². The number of nitrogens with zero attached hydrogens (tertiary/aromatic N) is 3. The van der Waals surface area contributed by atoms with Crippen LogP contribution in [0.2, 0.25) is 0 Å². The number of rotatable bonds is 2. The summed E-state index contributed by atoms with van der Waals surface area (Å²) in [6.45, 7) is 1.95. The van der Waals surface area contributed by atoms with Crippen LogP contribution in [0.5, 0.6) is 0 Å². The summed E-state index contributed by atoms with van der Waals surface area (Å²) in [5.74, 6) is 0. The van der Waals surface area contributed by atoms with Crippen molar-refractivity contribution < 1.29 is 0 Å². The minimum atomic E-state index is -0.492. The van der Waals surface area contributed by atoms with Crippen molar-refractivity contribution in [1.82, 2.24) is 19.3 Å². The third-order valence-corrected chi connectivity index (χ3v) is 3.92. The Bertz CT molecular complexity index is 1140. The number of nitrogens with one attached hydrogen (secondary N) is 1. The molecule has 0 fully saturated rings. The molecule has 0 bridgehead atoms. The Labute approximate surface area is 136 Å². The SMILES string of the molecule is Cc1ccc(-n2c(=O)[nH]c3c(cnn3-c3ccccc3)c2=O)cc1. The number of benzene rings is 2. The van der Waals surface area contributed by atoms with Crippen molar-refractivity contribution in [3.05, 3.63) is 87.2 Å². The van der Waals surface area contributed by atoms with E-state index < -0.39 is 5.69 Å². The molecule has 2 aromatic carbocycles. The van der Waals surface area contributed by atoms with Gasteiger partial charge in [0.2, 0.25) is 0 Å². The Morgan fingerprint density at radius 1 is 0.917 bits per heavy atom. The van der Waals surface area contributed by atoms with Gasteiger partial charge in [-0.3, -0.25) is 9.78 Å². The molecule has 0 spiro atoms. The van der Waals surface area contributed by atoms with E-state index in [0.717, 1.165) is 15.8 Å². The van der Waals surface area contributed by atoms with Gasteiger partial charge in [0, 0.05) is 0 Å². The first-order valence-electron chi connectivity index (χ1n) is 7.51. The lowest BCUT2D eigenvalue weighted by Gasteiger charge is -2.06. The number of aryl methyl sites for hydroxylation is 1. The summed E-state index contributed by atoms with van der Waals surface area (Å²) >= 11 is 0. The third kappa shape index (κ3) is 2.16. The number of hydrogen-bond acceptors (Lipinski definition) is 3. The lowest BCUT2D eigenvalue weighted by Crippen LogP contribution is -2.33. The van der Waals surface area contributed by atoms with Crippen LogP contribution in [-0.4, -0.2) is 19.3 Å². The topological polar surface area (TPSA) is 72.7 Å². The zero-order valence-corrected chi connectivity index (χ0v) is 12.9. The molecule has 0 saturated heterocycles. The van der Waals surface area contributed by atoms with Crippen LogP contribution in [0.3, 0.4) is 0 Å². The van der Waals surface area contributed by atoms with Crippen LogP contribution in [0.4, 0.5) is 0 Å². The molecule has 0 radical (unpaired) electrons. The second kappa shape index (κ2) is 5.34. The van der Waals surface area contributed by atoms with Gasteiger partial charge in [-0.15, -0.1) is 0 Å². The predicted molar refractivity (Wildman–Crippen MR) is 92.0 cm³/mol. The van der Waals surface area contributed by atoms with Crippen molar-refractivity contribution in [2.45, 2.75) is 6.92 Å². The molecule has 0 amide bonds. The standard InChI is InChI=1S/C18H14N4O2/c1-12-7-9-13(10-8-12)21-17(23)15-11-19-22(16(15)20-18(21)24)14-5-3-2-4-6-14/h2-11H,1H3,(H,20,24). The average Bonchev–Trinajstić information content (AvgIpc) is 3.01. The zero-order chi connectivity index (χ0) is 16.7. The van der Waals surface area contributed by atoms with E-state index in [2.05, 4.69) is 10.1 Å². The summed E-state index contributed by atoms with van der Waals surface area (Å²) < 4.78 is 2.68. The van der Waals surface area contributed by atoms with Crippen molar-refractivity contribution in [1.29, 1.82) is 0 Å². The fraction of sp³-hybridized carbons (Fsp3) is 0.0556. The molecule has 0 saturated carbocycles. The molecule has 0 aliphatic rings. The van der Waals surface area contributed by atoms with Gasteiger partial charge in [-0.1, -0.05) is 35.9 Å². The summed E-state index contributed by atoms with van der Waals surface area (Å²) in [7, 11) is 0. The number of aromatic nitrogens is 4. The summed E-state index contributed by atoms with van der Waals surface area (Å²) in [5, 5.41) is 4.61. The van der Waals surface area contributed by atoms with Gasteiger partial charge in [-0.25, -0.2) is 14.0 Å². The Morgan fingerprint density at radius 2 is 1.62 bits per heavy atom. The maximum atomic E-state index is 12.8. The number of fused-ring (bicyclic) bond motifs is 1. The Hall–Kier alpha value is -3.41. The fourth-order valence-corrected chi connectivity index (χ4v) is 2.69. The average molecular weight is 318 g/mol. The highest BCUT2D eigenvalue weighted by molar-refractivity contribution is 5.75. The normalized spacial score (nSPS) is 11.0. The highest BCUT2D eigenvalue weighted by Crippen LogP contribution is 2.13. The molecule has 1 N–H and O–H groups in total. The molecule has 4 rings (SSSR count). The van der Waals surface area contributed by atoms with Gasteiger partial charge in [0.05, 0.1) is 17.6 Å². The molecule has 24 heavy (non-hydrogen) atoms. The highest BCUT2D eigenvalue weighted by atomic mass is 16.2. The first kappa shape index (κ1) is 14.2. The lowest BCUT2D eigenvalue weighted by molar-refractivity contribution is 0.862. The van der Waals surface area contributed by atoms with E-state index >= 15 is 0 Å². The molecule has 118 valence electrons. The summed E-state index contributed by atoms with van der Waals surface area (Å²) in [4.78, 5) is 28.0. The quantitative estimate of drug-likeness (QED) is 0.615. The van der Waals surface area contributed by atoms with E-state index in [4.69, 9.17) is 0 Å². The fourth-order valence-electron chi connectivity index (χ4n) is 2.69. The predicted octanol–water partition coefficient (Wildman–Crippen LogP) is 2.17. The van der Waals surface area contributed by atoms with Gasteiger partial charge in [0.15, 0.2) is 5.65 Å². The summed E-state index contributed by atoms with van der Waals surface area (Å²) in [6.07, 6.45) is 1.48. The molecule has 2 aromatic heterocycles. The molecule has 0 unspecified atom stereocenters. The second-order valence-electron chi connectivity index (χ2n) is 5.56. The van der Waals surface area contributed by atoms with Gasteiger partial charge in [-0.05, 0) is 31.2 Å². The summed E-state index contributed by atoms with van der Waals surface area (Å²) in [5.41, 5.74) is 1.87. The van der Waals surface area contributed by atoms with Gasteiger partial charge in [0.1, 0.15) is 5.39 Å². The first-order valence-corrected chi connectivity index (χ1v) is 7.51. The molecular formula is C18H14N4O2. The van der Waals surface area contributed by atoms with Crippen molar-refractivity contribution in [2.24, 2.45) is 0 Å². The first-order chi connectivity index (χ1) is 11.6. The number of aromatic amines is 1. The van der Waals surface area contributed by atoms with Gasteiger partial charge in [-0.2, -0.15) is 5.10 Å². The molecule has 0 aliphatic heterocycles. The van der Waals surface area contributed by atoms with Crippen LogP contribution in [-0.2, 0) is 0 Å². The van der Waals surface area contributed by atoms with Crippen LogP contribution < -0.4 is 11.2 Å². The molecular weight excluding hydrogens is 304 g/mol. The van der Waals surface area contributed by atoms with E-state index in [1.807, 2.05) is 49.4 Å². The van der Waals surface area contributed by atoms with Gasteiger partial charge >= 0.3 is 5.69 Å². The Morgan fingerprint density at radius 3 is 2.33 bits per heavy atom. The highest BCUT2D eigenvalue weighted by Gasteiger charge is 2.14. The minimum absolute atomic E-state index is 0.360. The lowest BCUT2D eigenvalue weighted by atomic mass is 10.2. The molecule has 2 heterocycles. The molecule has 0 aliphatic carbocycles. The van der Waals surface area contributed by atoms with Crippen LogP contribution in [0.15, 0.2) is 70.4 Å². The molecule has 6 heteroatoms. The maximum absolute atomic E-state index is 12.8. The van der Waals surface area contributed by atoms with E-state index in [9.17, 15) is 9.59 Å². The number of hydrogen-bond donors (Lipinski definition) is 1. The van der Waals surface area contributed by atoms with Gasteiger partial charge in [0.25, 0.3) is 5.56 Å². The maximum Gasteiger partial charge on any atom is 0.334 e. The van der Waals surface area contributed by atoms with Crippen LogP contribution in [0, 0.1) is 6.92 Å². The largest absolute Gasteiger partial charge is 0.334 e. The number of H-pyrrole nitrogens is 1.